The van der Waals surface area contributed by atoms with Gasteiger partial charge < -0.3 is 5.32 Å². The van der Waals surface area contributed by atoms with Crippen molar-refractivity contribution in [1.82, 2.24) is 15.1 Å². The molecule has 1 aliphatic carbocycles. The van der Waals surface area contributed by atoms with Gasteiger partial charge in [-0.25, -0.2) is 8.78 Å². The van der Waals surface area contributed by atoms with Crippen LogP contribution in [0.25, 0.3) is 0 Å². The maximum absolute atomic E-state index is 13.5. The Morgan fingerprint density at radius 1 is 1.26 bits per heavy atom. The molecule has 1 saturated carbocycles. The predicted molar refractivity (Wildman–Crippen MR) is 87.5 cm³/mol. The molecule has 0 aliphatic heterocycles. The first-order valence-electron chi connectivity index (χ1n) is 8.25. The van der Waals surface area contributed by atoms with E-state index in [1.807, 2.05) is 0 Å². The van der Waals surface area contributed by atoms with Gasteiger partial charge in [0.05, 0.1) is 10.7 Å². The molecule has 10 heteroatoms. The topological polar surface area (TPSA) is 46.9 Å². The standard InChI is InChI=1S/C17H15ClF5N3O/c18-13-14(9-5-6-9)26(25-15(13)17(21,22)23)8-2-7-24-16(27)12-10(19)3-1-4-11(12)20/h1,3-4,9H,2,5-8H2,(H,24,27). The average Bonchev–Trinajstić information content (AvgIpc) is 3.34. The second-order valence-corrected chi connectivity index (χ2v) is 6.63. The lowest BCUT2D eigenvalue weighted by molar-refractivity contribution is -0.141. The van der Waals surface area contributed by atoms with Crippen molar-refractivity contribution in [1.29, 1.82) is 0 Å². The highest BCUT2D eigenvalue weighted by molar-refractivity contribution is 6.32. The second kappa shape index (κ2) is 7.46. The smallest absolute Gasteiger partial charge is 0.352 e. The Morgan fingerprint density at radius 2 is 1.89 bits per heavy atom. The van der Waals surface area contributed by atoms with Gasteiger partial charge in [0, 0.05) is 19.0 Å². The van der Waals surface area contributed by atoms with Gasteiger partial charge in [0.2, 0.25) is 0 Å². The molecule has 1 aromatic heterocycles. The summed E-state index contributed by atoms with van der Waals surface area (Å²) in [6.45, 7) is 0.0945. The highest BCUT2D eigenvalue weighted by atomic mass is 35.5. The minimum Gasteiger partial charge on any atom is -0.352 e. The maximum Gasteiger partial charge on any atom is 0.436 e. The van der Waals surface area contributed by atoms with Gasteiger partial charge in [0.25, 0.3) is 5.91 Å². The molecule has 0 saturated heterocycles. The van der Waals surface area contributed by atoms with Crippen molar-refractivity contribution in [2.24, 2.45) is 0 Å². The van der Waals surface area contributed by atoms with Gasteiger partial charge in [-0.05, 0) is 31.4 Å². The lowest BCUT2D eigenvalue weighted by Gasteiger charge is -2.09. The molecule has 0 spiro atoms. The van der Waals surface area contributed by atoms with E-state index in [1.165, 1.54) is 4.68 Å². The summed E-state index contributed by atoms with van der Waals surface area (Å²) in [5, 5.41) is 5.54. The summed E-state index contributed by atoms with van der Waals surface area (Å²) in [5.74, 6) is -2.96. The quantitative estimate of drug-likeness (QED) is 0.565. The molecule has 1 amide bonds. The van der Waals surface area contributed by atoms with Gasteiger partial charge in [0.1, 0.15) is 17.2 Å². The number of carbonyl (C=O) groups excluding carboxylic acids is 1. The molecule has 0 atom stereocenters. The zero-order valence-electron chi connectivity index (χ0n) is 13.9. The van der Waals surface area contributed by atoms with E-state index >= 15 is 0 Å². The summed E-state index contributed by atoms with van der Waals surface area (Å²) < 4.78 is 67.3. The number of nitrogens with one attached hydrogen (secondary N) is 1. The number of aryl methyl sites for hydroxylation is 1. The van der Waals surface area contributed by atoms with Gasteiger partial charge in [-0.2, -0.15) is 18.3 Å². The number of hydrogen-bond acceptors (Lipinski definition) is 2. The largest absolute Gasteiger partial charge is 0.436 e. The Hall–Kier alpha value is -2.16. The van der Waals surface area contributed by atoms with Gasteiger partial charge in [0.15, 0.2) is 5.69 Å². The van der Waals surface area contributed by atoms with E-state index in [0.29, 0.717) is 5.69 Å². The molecule has 146 valence electrons. The van der Waals surface area contributed by atoms with Gasteiger partial charge >= 0.3 is 6.18 Å². The van der Waals surface area contributed by atoms with Crippen LogP contribution in [0.4, 0.5) is 22.0 Å². The first-order valence-corrected chi connectivity index (χ1v) is 8.63. The predicted octanol–water partition coefficient (Wildman–Crippen LogP) is 4.53. The molecule has 1 aliphatic rings. The fourth-order valence-corrected chi connectivity index (χ4v) is 3.18. The van der Waals surface area contributed by atoms with Crippen molar-refractivity contribution < 1.29 is 26.7 Å². The Morgan fingerprint density at radius 3 is 2.44 bits per heavy atom. The van der Waals surface area contributed by atoms with Crippen LogP contribution in [0, 0.1) is 11.6 Å². The number of carbonyl (C=O) groups is 1. The molecule has 1 N–H and O–H groups in total. The minimum absolute atomic E-state index is 0.00947. The van der Waals surface area contributed by atoms with Crippen LogP contribution >= 0.6 is 11.6 Å². The third kappa shape index (κ3) is 4.23. The van der Waals surface area contributed by atoms with Crippen molar-refractivity contribution in [3.63, 3.8) is 0 Å². The molecule has 1 fully saturated rings. The second-order valence-electron chi connectivity index (χ2n) is 6.25. The first-order chi connectivity index (χ1) is 12.7. The molecule has 2 aromatic rings. The van der Waals surface area contributed by atoms with Crippen molar-refractivity contribution in [2.45, 2.75) is 37.9 Å². The van der Waals surface area contributed by atoms with Gasteiger partial charge in [-0.3, -0.25) is 9.48 Å². The molecule has 4 nitrogen and oxygen atoms in total. The van der Waals surface area contributed by atoms with Crippen LogP contribution in [-0.2, 0) is 12.7 Å². The lowest BCUT2D eigenvalue weighted by Crippen LogP contribution is -2.27. The number of nitrogens with zero attached hydrogens (tertiary/aromatic N) is 2. The van der Waals surface area contributed by atoms with E-state index in [0.717, 1.165) is 31.0 Å². The summed E-state index contributed by atoms with van der Waals surface area (Å²) in [6, 6.07) is 3.06. The summed E-state index contributed by atoms with van der Waals surface area (Å²) >= 11 is 5.87. The molecule has 0 unspecified atom stereocenters. The zero-order chi connectivity index (χ0) is 19.8. The fourth-order valence-electron chi connectivity index (χ4n) is 2.79. The van der Waals surface area contributed by atoms with E-state index < -0.39 is 35.0 Å². The van der Waals surface area contributed by atoms with Crippen LogP contribution < -0.4 is 5.32 Å². The molecule has 3 rings (SSSR count). The molecular formula is C17H15ClF5N3O. The number of aromatic nitrogens is 2. The van der Waals surface area contributed by atoms with Gasteiger partial charge in [-0.15, -0.1) is 0 Å². The molecule has 0 bridgehead atoms. The third-order valence-electron chi connectivity index (χ3n) is 4.19. The Balaban J connectivity index is 1.63. The van der Waals surface area contributed by atoms with Crippen molar-refractivity contribution in [3.8, 4) is 0 Å². The van der Waals surface area contributed by atoms with Crippen molar-refractivity contribution >= 4 is 17.5 Å². The van der Waals surface area contributed by atoms with Crippen LogP contribution in [0.1, 0.15) is 46.9 Å². The van der Waals surface area contributed by atoms with Crippen LogP contribution in [0.2, 0.25) is 5.02 Å². The number of alkyl halides is 3. The monoisotopic (exact) mass is 407 g/mol. The third-order valence-corrected chi connectivity index (χ3v) is 4.56. The van der Waals surface area contributed by atoms with Crippen LogP contribution in [-0.4, -0.2) is 22.2 Å². The number of rotatable bonds is 6. The first kappa shape index (κ1) is 19.6. The highest BCUT2D eigenvalue weighted by Crippen LogP contribution is 2.46. The number of benzene rings is 1. The Kier molecular flexibility index (Phi) is 5.41. The van der Waals surface area contributed by atoms with E-state index in [2.05, 4.69) is 10.4 Å². The molecular weight excluding hydrogens is 393 g/mol. The Labute approximate surface area is 156 Å². The zero-order valence-corrected chi connectivity index (χ0v) is 14.7. The van der Waals surface area contributed by atoms with Crippen LogP contribution in [0.15, 0.2) is 18.2 Å². The average molecular weight is 408 g/mol. The van der Waals surface area contributed by atoms with Crippen molar-refractivity contribution in [2.75, 3.05) is 6.54 Å². The minimum atomic E-state index is -4.65. The summed E-state index contributed by atoms with van der Waals surface area (Å²) in [4.78, 5) is 11.9. The van der Waals surface area contributed by atoms with Crippen molar-refractivity contribution in [3.05, 3.63) is 51.8 Å². The van der Waals surface area contributed by atoms with E-state index in [4.69, 9.17) is 11.6 Å². The highest BCUT2D eigenvalue weighted by Gasteiger charge is 2.41. The summed E-state index contributed by atoms with van der Waals surface area (Å²) in [6.07, 6.45) is -2.95. The SMILES string of the molecule is O=C(NCCCn1nc(C(F)(F)F)c(Cl)c1C1CC1)c1c(F)cccc1F. The molecule has 27 heavy (non-hydrogen) atoms. The Bertz CT molecular complexity index is 841. The van der Waals surface area contributed by atoms with E-state index in [1.54, 1.807) is 0 Å². The maximum atomic E-state index is 13.5. The molecule has 0 radical (unpaired) electrons. The summed E-state index contributed by atoms with van der Waals surface area (Å²) in [5.41, 5.74) is -1.48. The molecule has 1 aromatic carbocycles. The van der Waals surface area contributed by atoms with Gasteiger partial charge in [-0.1, -0.05) is 17.7 Å². The number of halogens is 6. The van der Waals surface area contributed by atoms with E-state index in [9.17, 15) is 26.7 Å². The normalized spacial score (nSPS) is 14.4. The fraction of sp³-hybridized carbons (Fsp3) is 0.412. The van der Waals surface area contributed by atoms with E-state index in [-0.39, 0.29) is 30.5 Å². The number of hydrogen-bond donors (Lipinski definition) is 1. The molecule has 1 heterocycles. The number of amides is 1. The van der Waals surface area contributed by atoms with Crippen LogP contribution in [0.5, 0.6) is 0 Å². The summed E-state index contributed by atoms with van der Waals surface area (Å²) in [7, 11) is 0. The lowest BCUT2D eigenvalue weighted by atomic mass is 10.2. The van der Waals surface area contributed by atoms with Crippen LogP contribution in [0.3, 0.4) is 0 Å².